The Balaban J connectivity index is 1.90. The van der Waals surface area contributed by atoms with Gasteiger partial charge in [-0.05, 0) is 12.1 Å². The summed E-state index contributed by atoms with van der Waals surface area (Å²) in [5, 5.41) is 1.36. The fraction of sp³-hybridized carbons (Fsp3) is 0.133. The number of carbonyl (C=O) groups excluding carboxylic acids is 1. The van der Waals surface area contributed by atoms with Crippen molar-refractivity contribution >= 4 is 28.4 Å². The fourth-order valence-corrected chi connectivity index (χ4v) is 2.38. The van der Waals surface area contributed by atoms with Gasteiger partial charge in [-0.2, -0.15) is 0 Å². The number of aromatic nitrogens is 3. The molecule has 3 rings (SSSR count). The molecule has 0 saturated heterocycles. The number of hydrogen-bond acceptors (Lipinski definition) is 3. The molecule has 1 N–H and O–H groups in total. The highest BCUT2D eigenvalue weighted by Crippen LogP contribution is 2.23. The zero-order chi connectivity index (χ0) is 14.8. The number of halogens is 1. The van der Waals surface area contributed by atoms with Crippen LogP contribution in [-0.2, 0) is 6.54 Å². The SMILES string of the molecule is CN(Cc1ncc[nH]1)C(=O)c1cc(Cl)c2ccccc2n1. The number of carbonyl (C=O) groups is 1. The number of nitrogens with zero attached hydrogens (tertiary/aromatic N) is 3. The molecular formula is C15H13ClN4O. The second kappa shape index (κ2) is 5.54. The molecule has 0 fully saturated rings. The normalized spacial score (nSPS) is 10.8. The first-order chi connectivity index (χ1) is 10.1. The molecule has 2 heterocycles. The van der Waals surface area contributed by atoms with E-state index in [1.165, 1.54) is 0 Å². The van der Waals surface area contributed by atoms with E-state index < -0.39 is 0 Å². The Morgan fingerprint density at radius 1 is 1.38 bits per heavy atom. The molecule has 1 amide bonds. The molecule has 106 valence electrons. The van der Waals surface area contributed by atoms with Crippen molar-refractivity contribution in [2.75, 3.05) is 7.05 Å². The third-order valence-corrected chi connectivity index (χ3v) is 3.49. The number of hydrogen-bond donors (Lipinski definition) is 1. The minimum absolute atomic E-state index is 0.195. The summed E-state index contributed by atoms with van der Waals surface area (Å²) >= 11 is 6.22. The maximum atomic E-state index is 12.4. The lowest BCUT2D eigenvalue weighted by atomic mass is 10.2. The Hall–Kier alpha value is -2.40. The van der Waals surface area contributed by atoms with E-state index in [0.717, 1.165) is 11.2 Å². The summed E-state index contributed by atoms with van der Waals surface area (Å²) in [6.07, 6.45) is 3.37. The predicted molar refractivity (Wildman–Crippen MR) is 81.1 cm³/mol. The second-order valence-electron chi connectivity index (χ2n) is 4.70. The first kappa shape index (κ1) is 13.6. The van der Waals surface area contributed by atoms with Crippen LogP contribution in [0, 0.1) is 0 Å². The van der Waals surface area contributed by atoms with Crippen LogP contribution in [0.1, 0.15) is 16.3 Å². The van der Waals surface area contributed by atoms with Gasteiger partial charge in [0.25, 0.3) is 5.91 Å². The summed E-state index contributed by atoms with van der Waals surface area (Å²) in [6.45, 7) is 0.387. The van der Waals surface area contributed by atoms with E-state index in [9.17, 15) is 4.79 Å². The first-order valence-electron chi connectivity index (χ1n) is 6.44. The van der Waals surface area contributed by atoms with Gasteiger partial charge in [-0.15, -0.1) is 0 Å². The van der Waals surface area contributed by atoms with E-state index in [-0.39, 0.29) is 5.91 Å². The van der Waals surface area contributed by atoms with E-state index in [2.05, 4.69) is 15.0 Å². The number of aromatic amines is 1. The van der Waals surface area contributed by atoms with Crippen LogP contribution in [0.25, 0.3) is 10.9 Å². The van der Waals surface area contributed by atoms with Crippen LogP contribution in [0.5, 0.6) is 0 Å². The Kier molecular flexibility index (Phi) is 3.58. The van der Waals surface area contributed by atoms with E-state index in [1.54, 1.807) is 30.4 Å². The van der Waals surface area contributed by atoms with Crippen molar-refractivity contribution in [3.8, 4) is 0 Å². The highest BCUT2D eigenvalue weighted by Gasteiger charge is 2.16. The lowest BCUT2D eigenvalue weighted by Gasteiger charge is -2.15. The van der Waals surface area contributed by atoms with Crippen LogP contribution in [-0.4, -0.2) is 32.8 Å². The van der Waals surface area contributed by atoms with E-state index in [4.69, 9.17) is 11.6 Å². The maximum absolute atomic E-state index is 12.4. The largest absolute Gasteiger partial charge is 0.347 e. The van der Waals surface area contributed by atoms with Crippen molar-refractivity contribution < 1.29 is 4.79 Å². The third kappa shape index (κ3) is 2.73. The summed E-state index contributed by atoms with van der Waals surface area (Å²) in [6, 6.07) is 9.08. The van der Waals surface area contributed by atoms with Gasteiger partial charge in [0.05, 0.1) is 17.1 Å². The van der Waals surface area contributed by atoms with Crippen LogP contribution >= 0.6 is 11.6 Å². The maximum Gasteiger partial charge on any atom is 0.272 e. The molecule has 0 unspecified atom stereocenters. The molecule has 0 radical (unpaired) electrons. The van der Waals surface area contributed by atoms with Gasteiger partial charge < -0.3 is 9.88 Å². The minimum atomic E-state index is -0.195. The number of H-pyrrole nitrogens is 1. The molecule has 1 aromatic carbocycles. The van der Waals surface area contributed by atoms with Crippen molar-refractivity contribution in [1.29, 1.82) is 0 Å². The first-order valence-corrected chi connectivity index (χ1v) is 6.82. The Labute approximate surface area is 126 Å². The van der Waals surface area contributed by atoms with Gasteiger partial charge in [0.1, 0.15) is 11.5 Å². The number of imidazole rings is 1. The zero-order valence-corrected chi connectivity index (χ0v) is 12.1. The predicted octanol–water partition coefficient (Wildman–Crippen LogP) is 2.88. The third-order valence-electron chi connectivity index (χ3n) is 3.17. The Bertz CT molecular complexity index is 785. The average Bonchev–Trinajstić information content (AvgIpc) is 2.99. The molecule has 0 bridgehead atoms. The number of amides is 1. The van der Waals surface area contributed by atoms with Gasteiger partial charge in [-0.25, -0.2) is 9.97 Å². The topological polar surface area (TPSA) is 61.9 Å². The van der Waals surface area contributed by atoms with Gasteiger partial charge in [0.15, 0.2) is 0 Å². The van der Waals surface area contributed by atoms with E-state index in [0.29, 0.717) is 22.8 Å². The lowest BCUT2D eigenvalue weighted by molar-refractivity contribution is 0.0776. The van der Waals surface area contributed by atoms with Crippen molar-refractivity contribution in [1.82, 2.24) is 19.9 Å². The lowest BCUT2D eigenvalue weighted by Crippen LogP contribution is -2.27. The molecule has 5 nitrogen and oxygen atoms in total. The number of pyridine rings is 1. The molecule has 6 heteroatoms. The Morgan fingerprint density at radius 2 is 2.19 bits per heavy atom. The summed E-state index contributed by atoms with van der Waals surface area (Å²) in [5.41, 5.74) is 1.03. The highest BCUT2D eigenvalue weighted by atomic mass is 35.5. The van der Waals surface area contributed by atoms with E-state index >= 15 is 0 Å². The smallest absolute Gasteiger partial charge is 0.272 e. The highest BCUT2D eigenvalue weighted by molar-refractivity contribution is 6.35. The molecule has 2 aromatic heterocycles. The van der Waals surface area contributed by atoms with Crippen LogP contribution in [0.2, 0.25) is 5.02 Å². The van der Waals surface area contributed by atoms with Gasteiger partial charge in [-0.1, -0.05) is 29.8 Å². The van der Waals surface area contributed by atoms with Gasteiger partial charge >= 0.3 is 0 Å². The van der Waals surface area contributed by atoms with Gasteiger partial charge in [0, 0.05) is 24.8 Å². The minimum Gasteiger partial charge on any atom is -0.347 e. The second-order valence-corrected chi connectivity index (χ2v) is 5.11. The molecule has 3 aromatic rings. The Morgan fingerprint density at radius 3 is 2.95 bits per heavy atom. The average molecular weight is 301 g/mol. The molecule has 0 saturated carbocycles. The monoisotopic (exact) mass is 300 g/mol. The zero-order valence-electron chi connectivity index (χ0n) is 11.4. The number of nitrogens with one attached hydrogen (secondary N) is 1. The summed E-state index contributed by atoms with van der Waals surface area (Å²) in [7, 11) is 1.70. The number of fused-ring (bicyclic) bond motifs is 1. The van der Waals surface area contributed by atoms with Gasteiger partial charge in [0.2, 0.25) is 0 Å². The van der Waals surface area contributed by atoms with Crippen molar-refractivity contribution in [2.45, 2.75) is 6.54 Å². The van der Waals surface area contributed by atoms with Crippen molar-refractivity contribution in [3.05, 3.63) is 59.3 Å². The number of rotatable bonds is 3. The van der Waals surface area contributed by atoms with Crippen LogP contribution in [0.3, 0.4) is 0 Å². The molecule has 0 aliphatic heterocycles. The van der Waals surface area contributed by atoms with Crippen LogP contribution in [0.4, 0.5) is 0 Å². The number of para-hydroxylation sites is 1. The molecule has 0 spiro atoms. The summed E-state index contributed by atoms with van der Waals surface area (Å²) < 4.78 is 0. The molecule has 0 atom stereocenters. The fourth-order valence-electron chi connectivity index (χ4n) is 2.12. The quantitative estimate of drug-likeness (QED) is 0.809. The molecule has 0 aliphatic carbocycles. The molecule has 21 heavy (non-hydrogen) atoms. The standard InChI is InChI=1S/C15H13ClN4O/c1-20(9-14-17-6-7-18-14)15(21)13-8-11(16)10-4-2-3-5-12(10)19-13/h2-8H,9H2,1H3,(H,17,18). The summed E-state index contributed by atoms with van der Waals surface area (Å²) in [4.78, 5) is 25.4. The summed E-state index contributed by atoms with van der Waals surface area (Å²) in [5.74, 6) is 0.525. The van der Waals surface area contributed by atoms with Crippen molar-refractivity contribution in [3.63, 3.8) is 0 Å². The number of benzene rings is 1. The van der Waals surface area contributed by atoms with Crippen LogP contribution in [0.15, 0.2) is 42.7 Å². The van der Waals surface area contributed by atoms with Crippen LogP contribution < -0.4 is 0 Å². The van der Waals surface area contributed by atoms with Crippen molar-refractivity contribution in [2.24, 2.45) is 0 Å². The molecule has 0 aliphatic rings. The van der Waals surface area contributed by atoms with E-state index in [1.807, 2.05) is 24.3 Å². The molecular weight excluding hydrogens is 288 g/mol. The van der Waals surface area contributed by atoms with Gasteiger partial charge in [-0.3, -0.25) is 4.79 Å².